The van der Waals surface area contributed by atoms with Gasteiger partial charge >= 0.3 is 5.97 Å². The first kappa shape index (κ1) is 19.5. The van der Waals surface area contributed by atoms with E-state index in [0.29, 0.717) is 18.1 Å². The fourth-order valence-corrected chi connectivity index (χ4v) is 3.86. The van der Waals surface area contributed by atoms with Crippen LogP contribution in [0.1, 0.15) is 44.9 Å². The van der Waals surface area contributed by atoms with Crippen molar-refractivity contribution < 1.29 is 18.8 Å². The summed E-state index contributed by atoms with van der Waals surface area (Å²) >= 11 is 1.55. The van der Waals surface area contributed by atoms with Crippen molar-refractivity contribution in [2.24, 2.45) is 5.92 Å². The molecule has 2 heterocycles. The van der Waals surface area contributed by atoms with Gasteiger partial charge in [-0.1, -0.05) is 12.1 Å². The van der Waals surface area contributed by atoms with Crippen molar-refractivity contribution in [1.29, 1.82) is 0 Å². The maximum atomic E-state index is 12.2. The molecule has 7 nitrogen and oxygen atoms in total. The van der Waals surface area contributed by atoms with Gasteiger partial charge in [-0.2, -0.15) is 16.3 Å². The van der Waals surface area contributed by atoms with Gasteiger partial charge in [-0.05, 0) is 43.0 Å². The predicted octanol–water partition coefficient (Wildman–Crippen LogP) is 3.31. The van der Waals surface area contributed by atoms with Crippen molar-refractivity contribution in [2.75, 3.05) is 13.7 Å². The lowest BCUT2D eigenvalue weighted by Crippen LogP contribution is -2.41. The Morgan fingerprint density at radius 2 is 2.11 bits per heavy atom. The third-order valence-electron chi connectivity index (χ3n) is 5.07. The molecule has 2 aromatic heterocycles. The summed E-state index contributed by atoms with van der Waals surface area (Å²) in [4.78, 5) is 30.2. The highest BCUT2D eigenvalue weighted by Gasteiger charge is 2.25. The first-order valence-electron chi connectivity index (χ1n) is 9.29. The first-order valence-corrected chi connectivity index (χ1v) is 10.2. The van der Waals surface area contributed by atoms with Gasteiger partial charge in [0.25, 0.3) is 5.91 Å². The molecule has 8 heteroatoms. The van der Waals surface area contributed by atoms with Gasteiger partial charge in [0.05, 0.1) is 6.42 Å². The third kappa shape index (κ3) is 5.38. The fraction of sp³-hybridized carbons (Fsp3) is 0.579. The molecule has 0 saturated heterocycles. The van der Waals surface area contributed by atoms with Crippen molar-refractivity contribution in [2.45, 2.75) is 51.5 Å². The van der Waals surface area contributed by atoms with Crippen molar-refractivity contribution in [1.82, 2.24) is 15.0 Å². The number of nitrogens with zero attached hydrogens (tertiary/aromatic N) is 3. The SMILES string of the molecule is CC1CCC(N(C)C(=O)COC(=O)CCc2nc(-c3ccsc3)no2)CC1. The quantitative estimate of drug-likeness (QED) is 0.673. The number of hydrogen-bond acceptors (Lipinski definition) is 7. The van der Waals surface area contributed by atoms with Gasteiger partial charge in [-0.3, -0.25) is 9.59 Å². The monoisotopic (exact) mass is 391 g/mol. The number of aromatic nitrogens is 2. The molecule has 1 saturated carbocycles. The van der Waals surface area contributed by atoms with Crippen molar-refractivity contribution in [3.63, 3.8) is 0 Å². The van der Waals surface area contributed by atoms with E-state index in [4.69, 9.17) is 9.26 Å². The van der Waals surface area contributed by atoms with Crippen LogP contribution < -0.4 is 0 Å². The summed E-state index contributed by atoms with van der Waals surface area (Å²) in [7, 11) is 1.79. The molecule has 0 bridgehead atoms. The van der Waals surface area contributed by atoms with Gasteiger partial charge in [-0.25, -0.2) is 0 Å². The maximum absolute atomic E-state index is 12.2. The Kier molecular flexibility index (Phi) is 6.60. The molecule has 2 aromatic rings. The zero-order valence-electron chi connectivity index (χ0n) is 15.7. The van der Waals surface area contributed by atoms with E-state index in [1.807, 2.05) is 16.8 Å². The highest BCUT2D eigenvalue weighted by molar-refractivity contribution is 7.08. The molecule has 1 aliphatic rings. The Labute approximate surface area is 162 Å². The smallest absolute Gasteiger partial charge is 0.306 e. The van der Waals surface area contributed by atoms with E-state index in [1.54, 1.807) is 23.3 Å². The molecule has 0 aliphatic heterocycles. The van der Waals surface area contributed by atoms with Crippen LogP contribution in [0.2, 0.25) is 0 Å². The van der Waals surface area contributed by atoms with Gasteiger partial charge in [0.15, 0.2) is 6.61 Å². The molecule has 0 radical (unpaired) electrons. The highest BCUT2D eigenvalue weighted by Crippen LogP contribution is 2.26. The molecule has 146 valence electrons. The summed E-state index contributed by atoms with van der Waals surface area (Å²) in [5.41, 5.74) is 0.892. The second-order valence-electron chi connectivity index (χ2n) is 7.10. The van der Waals surface area contributed by atoms with Crippen LogP contribution in [0.5, 0.6) is 0 Å². The van der Waals surface area contributed by atoms with E-state index in [-0.39, 0.29) is 25.0 Å². The Hall–Kier alpha value is -2.22. The molecule has 0 unspecified atom stereocenters. The van der Waals surface area contributed by atoms with Crippen molar-refractivity contribution in [3.8, 4) is 11.4 Å². The standard InChI is InChI=1S/C19H25N3O4S/c1-13-3-5-15(6-4-13)22(2)17(23)11-25-18(24)8-7-16-20-19(21-26-16)14-9-10-27-12-14/h9-10,12-13,15H,3-8,11H2,1-2H3. The number of hydrogen-bond donors (Lipinski definition) is 0. The minimum atomic E-state index is -0.440. The second-order valence-corrected chi connectivity index (χ2v) is 7.88. The topological polar surface area (TPSA) is 85.5 Å². The Morgan fingerprint density at radius 3 is 2.81 bits per heavy atom. The summed E-state index contributed by atoms with van der Waals surface area (Å²) in [6, 6.07) is 2.16. The highest BCUT2D eigenvalue weighted by atomic mass is 32.1. The van der Waals surface area contributed by atoms with Crippen molar-refractivity contribution in [3.05, 3.63) is 22.7 Å². The van der Waals surface area contributed by atoms with E-state index in [0.717, 1.165) is 37.2 Å². The zero-order valence-corrected chi connectivity index (χ0v) is 16.5. The average Bonchev–Trinajstić information content (AvgIpc) is 3.35. The van der Waals surface area contributed by atoms with E-state index in [9.17, 15) is 9.59 Å². The van der Waals surface area contributed by atoms with E-state index < -0.39 is 5.97 Å². The molecule has 1 fully saturated rings. The summed E-state index contributed by atoms with van der Waals surface area (Å²) in [6.45, 7) is 2.03. The number of ether oxygens (including phenoxy) is 1. The molecule has 0 N–H and O–H groups in total. The van der Waals surface area contributed by atoms with Gasteiger partial charge in [0.2, 0.25) is 11.7 Å². The minimum absolute atomic E-state index is 0.100. The number of thiophene rings is 1. The van der Waals surface area contributed by atoms with Gasteiger partial charge in [0, 0.05) is 30.5 Å². The fourth-order valence-electron chi connectivity index (χ4n) is 3.22. The van der Waals surface area contributed by atoms with Crippen LogP contribution in [0.15, 0.2) is 21.3 Å². The number of aryl methyl sites for hydroxylation is 1. The van der Waals surface area contributed by atoms with Crippen LogP contribution in [-0.2, 0) is 20.7 Å². The third-order valence-corrected chi connectivity index (χ3v) is 5.76. The van der Waals surface area contributed by atoms with Crippen molar-refractivity contribution >= 4 is 23.2 Å². The minimum Gasteiger partial charge on any atom is -0.456 e. The maximum Gasteiger partial charge on any atom is 0.306 e. The number of likely N-dealkylation sites (N-methyl/N-ethyl adjacent to an activating group) is 1. The Morgan fingerprint density at radius 1 is 1.33 bits per heavy atom. The van der Waals surface area contributed by atoms with E-state index in [2.05, 4.69) is 17.1 Å². The molecule has 1 aliphatic carbocycles. The Bertz CT molecular complexity index is 751. The summed E-state index contributed by atoms with van der Waals surface area (Å²) in [5, 5.41) is 7.76. The lowest BCUT2D eigenvalue weighted by molar-refractivity contribution is -0.152. The molecule has 0 aromatic carbocycles. The summed E-state index contributed by atoms with van der Waals surface area (Å²) in [6.07, 6.45) is 4.70. The number of rotatable bonds is 7. The zero-order chi connectivity index (χ0) is 19.2. The van der Waals surface area contributed by atoms with Gasteiger partial charge < -0.3 is 14.2 Å². The van der Waals surface area contributed by atoms with Crippen LogP contribution in [-0.4, -0.2) is 46.6 Å². The molecule has 0 atom stereocenters. The van der Waals surface area contributed by atoms with Crippen LogP contribution in [0.25, 0.3) is 11.4 Å². The second kappa shape index (κ2) is 9.12. The lowest BCUT2D eigenvalue weighted by atomic mass is 9.87. The summed E-state index contributed by atoms with van der Waals surface area (Å²) < 4.78 is 10.3. The molecule has 0 spiro atoms. The number of carbonyl (C=O) groups excluding carboxylic acids is 2. The lowest BCUT2D eigenvalue weighted by Gasteiger charge is -2.33. The molecular formula is C19H25N3O4S. The summed E-state index contributed by atoms with van der Waals surface area (Å²) in [5.74, 6) is 1.03. The average molecular weight is 391 g/mol. The van der Waals surface area contributed by atoms with Crippen LogP contribution in [0, 0.1) is 5.92 Å². The number of carbonyl (C=O) groups is 2. The van der Waals surface area contributed by atoms with Gasteiger partial charge in [0.1, 0.15) is 0 Å². The van der Waals surface area contributed by atoms with Crippen LogP contribution >= 0.6 is 11.3 Å². The normalized spacial score (nSPS) is 19.6. The van der Waals surface area contributed by atoms with Crippen LogP contribution in [0.3, 0.4) is 0 Å². The number of esters is 1. The Balaban J connectivity index is 1.38. The van der Waals surface area contributed by atoms with E-state index >= 15 is 0 Å². The molecule has 27 heavy (non-hydrogen) atoms. The number of amides is 1. The van der Waals surface area contributed by atoms with E-state index in [1.165, 1.54) is 0 Å². The first-order chi connectivity index (χ1) is 13.0. The predicted molar refractivity (Wildman–Crippen MR) is 101 cm³/mol. The molecule has 1 amide bonds. The molecule has 3 rings (SSSR count). The molecular weight excluding hydrogens is 366 g/mol. The largest absolute Gasteiger partial charge is 0.456 e. The van der Waals surface area contributed by atoms with Gasteiger partial charge in [-0.15, -0.1) is 0 Å². The van der Waals surface area contributed by atoms with Crippen LogP contribution in [0.4, 0.5) is 0 Å².